The van der Waals surface area contributed by atoms with Crippen LogP contribution in [0.25, 0.3) is 0 Å². The summed E-state index contributed by atoms with van der Waals surface area (Å²) in [6, 6.07) is 0. The second-order valence-corrected chi connectivity index (χ2v) is 16.4. The maximum atomic E-state index is 13.3. The van der Waals surface area contributed by atoms with E-state index in [0.717, 1.165) is 25.7 Å². The van der Waals surface area contributed by atoms with Gasteiger partial charge in [0.2, 0.25) is 0 Å². The van der Waals surface area contributed by atoms with Crippen LogP contribution in [0.3, 0.4) is 0 Å². The summed E-state index contributed by atoms with van der Waals surface area (Å²) in [6.45, 7) is 16.3. The van der Waals surface area contributed by atoms with Crippen LogP contribution >= 0.6 is 0 Å². The van der Waals surface area contributed by atoms with Crippen molar-refractivity contribution in [3.8, 4) is 0 Å². The van der Waals surface area contributed by atoms with Crippen LogP contribution in [-0.4, -0.2) is 26.4 Å². The van der Waals surface area contributed by atoms with Crippen LogP contribution < -0.4 is 0 Å². The zero-order chi connectivity index (χ0) is 19.5. The molecule has 3 rings (SSSR count). The Morgan fingerprint density at radius 3 is 2.27 bits per heavy atom. The van der Waals surface area contributed by atoms with Gasteiger partial charge in [-0.1, -0.05) is 44.6 Å². The normalized spacial score (nSPS) is 35.9. The van der Waals surface area contributed by atoms with Gasteiger partial charge in [-0.05, 0) is 57.3 Å². The van der Waals surface area contributed by atoms with E-state index in [4.69, 9.17) is 4.74 Å². The van der Waals surface area contributed by atoms with Gasteiger partial charge in [0.05, 0.1) is 14.7 Å². The van der Waals surface area contributed by atoms with E-state index in [2.05, 4.69) is 47.3 Å². The number of Topliss-reactive ketones (excluding diaryl/α,β-unsaturated/α-hetero) is 1. The van der Waals surface area contributed by atoms with Crippen molar-refractivity contribution in [1.29, 1.82) is 0 Å². The molecule has 0 aromatic heterocycles. The number of hydrogen-bond acceptors (Lipinski definition) is 3. The van der Waals surface area contributed by atoms with Gasteiger partial charge in [-0.15, -0.1) is 0 Å². The third kappa shape index (κ3) is 2.58. The minimum absolute atomic E-state index is 0.107. The highest BCUT2D eigenvalue weighted by Crippen LogP contribution is 2.64. The molecule has 0 N–H and O–H groups in total. The highest BCUT2D eigenvalue weighted by Gasteiger charge is 2.69. The Hall–Kier alpha value is -0.903. The SMILES string of the molecule is CC(C)=C1CC[C@](COC(=O)[C@@]23CC[C@@H](CC2=O)C3(C)C)([Si](C)(C)C)C1. The molecule has 3 fully saturated rings. The van der Waals surface area contributed by atoms with E-state index in [-0.39, 0.29) is 22.2 Å². The molecule has 0 heterocycles. The van der Waals surface area contributed by atoms with Gasteiger partial charge in [0, 0.05) is 11.5 Å². The highest BCUT2D eigenvalue weighted by molar-refractivity contribution is 6.79. The summed E-state index contributed by atoms with van der Waals surface area (Å²) in [6.07, 6.45) is 5.52. The van der Waals surface area contributed by atoms with Crippen molar-refractivity contribution in [2.75, 3.05) is 6.61 Å². The summed E-state index contributed by atoms with van der Waals surface area (Å²) in [5.74, 6) is 0.246. The van der Waals surface area contributed by atoms with Crippen LogP contribution in [0, 0.1) is 16.7 Å². The Bertz CT molecular complexity index is 665. The Labute approximate surface area is 160 Å². The molecule has 0 amide bonds. The van der Waals surface area contributed by atoms with E-state index in [1.807, 2.05) is 0 Å². The van der Waals surface area contributed by atoms with Crippen molar-refractivity contribution in [3.05, 3.63) is 11.1 Å². The number of fused-ring (bicyclic) bond motifs is 2. The van der Waals surface area contributed by atoms with Gasteiger partial charge in [0.1, 0.15) is 5.41 Å². The minimum atomic E-state index is -1.54. The number of rotatable bonds is 4. The molecule has 3 aliphatic carbocycles. The molecule has 3 nitrogen and oxygen atoms in total. The van der Waals surface area contributed by atoms with E-state index in [9.17, 15) is 9.59 Å². The molecule has 0 spiro atoms. The van der Waals surface area contributed by atoms with Gasteiger partial charge in [-0.2, -0.15) is 0 Å². The predicted molar refractivity (Wildman–Crippen MR) is 108 cm³/mol. The highest BCUT2D eigenvalue weighted by atomic mass is 28.3. The van der Waals surface area contributed by atoms with Crippen LogP contribution in [0.2, 0.25) is 24.7 Å². The lowest BCUT2D eigenvalue weighted by Gasteiger charge is -2.41. The van der Waals surface area contributed by atoms with Gasteiger partial charge in [-0.3, -0.25) is 9.59 Å². The maximum absolute atomic E-state index is 13.3. The standard InChI is InChI=1S/C22H36O3Si/c1-15(2)16-8-10-21(13-16,26(5,6)7)14-25-19(24)22-11-9-17(12-18(22)23)20(22,3)4/h17H,8-14H2,1-7H3/t17-,21-,22+/m0/s1. The first-order valence-electron chi connectivity index (χ1n) is 10.2. The molecular formula is C22H36O3Si. The van der Waals surface area contributed by atoms with E-state index in [1.54, 1.807) is 5.57 Å². The lowest BCUT2D eigenvalue weighted by atomic mass is 9.69. The summed E-state index contributed by atoms with van der Waals surface area (Å²) in [7, 11) is -1.54. The summed E-state index contributed by atoms with van der Waals surface area (Å²) in [5.41, 5.74) is 1.82. The number of carbonyl (C=O) groups is 2. The lowest BCUT2D eigenvalue weighted by molar-refractivity contribution is -0.165. The van der Waals surface area contributed by atoms with Gasteiger partial charge in [0.15, 0.2) is 5.78 Å². The van der Waals surface area contributed by atoms with Crippen LogP contribution in [0.4, 0.5) is 0 Å². The molecule has 0 aromatic rings. The number of allylic oxidation sites excluding steroid dienone is 2. The first-order valence-corrected chi connectivity index (χ1v) is 13.7. The summed E-state index contributed by atoms with van der Waals surface area (Å²) < 4.78 is 6.05. The number of carbonyl (C=O) groups excluding carboxylic acids is 2. The van der Waals surface area contributed by atoms with Crippen molar-refractivity contribution in [2.24, 2.45) is 16.7 Å². The van der Waals surface area contributed by atoms with E-state index < -0.39 is 13.5 Å². The molecule has 3 aliphatic rings. The monoisotopic (exact) mass is 376 g/mol. The third-order valence-corrected chi connectivity index (χ3v) is 12.2. The van der Waals surface area contributed by atoms with Crippen molar-refractivity contribution >= 4 is 19.8 Å². The Morgan fingerprint density at radius 1 is 1.19 bits per heavy atom. The molecule has 0 aliphatic heterocycles. The third-order valence-electron chi connectivity index (χ3n) is 8.48. The van der Waals surface area contributed by atoms with Gasteiger partial charge < -0.3 is 4.74 Å². The Morgan fingerprint density at radius 2 is 1.85 bits per heavy atom. The zero-order valence-corrected chi connectivity index (χ0v) is 18.8. The van der Waals surface area contributed by atoms with Crippen molar-refractivity contribution in [2.45, 2.75) is 90.9 Å². The van der Waals surface area contributed by atoms with Crippen LogP contribution in [0.15, 0.2) is 11.1 Å². The molecule has 146 valence electrons. The van der Waals surface area contributed by atoms with E-state index >= 15 is 0 Å². The van der Waals surface area contributed by atoms with Crippen LogP contribution in [0.5, 0.6) is 0 Å². The van der Waals surface area contributed by atoms with E-state index in [1.165, 1.54) is 5.57 Å². The molecule has 0 radical (unpaired) electrons. The number of hydrogen-bond donors (Lipinski definition) is 0. The second-order valence-electron chi connectivity index (χ2n) is 10.9. The molecular weight excluding hydrogens is 340 g/mol. The summed E-state index contributed by atoms with van der Waals surface area (Å²) in [4.78, 5) is 26.0. The zero-order valence-electron chi connectivity index (χ0n) is 17.8. The molecule has 26 heavy (non-hydrogen) atoms. The van der Waals surface area contributed by atoms with Gasteiger partial charge in [0.25, 0.3) is 0 Å². The molecule has 4 heteroatoms. The van der Waals surface area contributed by atoms with E-state index in [0.29, 0.717) is 25.4 Å². The molecule has 0 aromatic carbocycles. The summed E-state index contributed by atoms with van der Waals surface area (Å²) >= 11 is 0. The fourth-order valence-electron chi connectivity index (χ4n) is 5.86. The molecule has 3 saturated carbocycles. The van der Waals surface area contributed by atoms with Crippen molar-refractivity contribution in [1.82, 2.24) is 0 Å². The number of ether oxygens (including phenoxy) is 1. The molecule has 0 saturated heterocycles. The molecule has 0 unspecified atom stereocenters. The quantitative estimate of drug-likeness (QED) is 0.281. The van der Waals surface area contributed by atoms with Crippen LogP contribution in [-0.2, 0) is 14.3 Å². The van der Waals surface area contributed by atoms with Crippen molar-refractivity contribution in [3.63, 3.8) is 0 Å². The Balaban J connectivity index is 1.82. The Kier molecular flexibility index (Phi) is 4.62. The number of ketones is 1. The fourth-order valence-corrected chi connectivity index (χ4v) is 7.99. The molecule has 3 atom stereocenters. The average Bonchev–Trinajstić information content (AvgIpc) is 3.12. The first kappa shape index (κ1) is 19.8. The molecule has 2 bridgehead atoms. The number of esters is 1. The minimum Gasteiger partial charge on any atom is -0.465 e. The second kappa shape index (κ2) is 6.05. The van der Waals surface area contributed by atoms with Gasteiger partial charge >= 0.3 is 5.97 Å². The van der Waals surface area contributed by atoms with Crippen molar-refractivity contribution < 1.29 is 14.3 Å². The first-order chi connectivity index (χ1) is 11.9. The van der Waals surface area contributed by atoms with Gasteiger partial charge in [-0.25, -0.2) is 0 Å². The average molecular weight is 377 g/mol. The largest absolute Gasteiger partial charge is 0.465 e. The summed E-state index contributed by atoms with van der Waals surface area (Å²) in [5, 5.41) is 0.107. The fraction of sp³-hybridized carbons (Fsp3) is 0.818. The maximum Gasteiger partial charge on any atom is 0.320 e. The lowest BCUT2D eigenvalue weighted by Crippen LogP contribution is -2.47. The predicted octanol–water partition coefficient (Wildman–Crippen LogP) is 5.52. The smallest absolute Gasteiger partial charge is 0.320 e. The topological polar surface area (TPSA) is 43.4 Å². The van der Waals surface area contributed by atoms with Crippen LogP contribution in [0.1, 0.15) is 66.2 Å².